The summed E-state index contributed by atoms with van der Waals surface area (Å²) in [6.45, 7) is 2.52. The largest absolute Gasteiger partial charge is 0.317 e. The van der Waals surface area contributed by atoms with Crippen molar-refractivity contribution in [1.82, 2.24) is 9.62 Å². The van der Waals surface area contributed by atoms with Crippen LogP contribution in [0.3, 0.4) is 0 Å². The third-order valence-electron chi connectivity index (χ3n) is 3.56. The van der Waals surface area contributed by atoms with Gasteiger partial charge in [-0.05, 0) is 66.0 Å². The van der Waals surface area contributed by atoms with Crippen molar-refractivity contribution in [2.75, 3.05) is 26.7 Å². The number of hydrogen-bond acceptors (Lipinski definition) is 3. The molecule has 7 heteroatoms. The van der Waals surface area contributed by atoms with Crippen molar-refractivity contribution in [2.24, 2.45) is 5.92 Å². The Kier molecular flexibility index (Phi) is 5.64. The van der Waals surface area contributed by atoms with E-state index >= 15 is 0 Å². The van der Waals surface area contributed by atoms with Crippen LogP contribution in [0.5, 0.6) is 0 Å². The lowest BCUT2D eigenvalue weighted by molar-refractivity contribution is 0.311. The third kappa shape index (κ3) is 3.82. The van der Waals surface area contributed by atoms with Gasteiger partial charge in [0.05, 0.1) is 4.90 Å². The predicted octanol–water partition coefficient (Wildman–Crippen LogP) is 2.83. The second kappa shape index (κ2) is 6.87. The van der Waals surface area contributed by atoms with Crippen LogP contribution in [-0.2, 0) is 10.0 Å². The van der Waals surface area contributed by atoms with E-state index in [-0.39, 0.29) is 0 Å². The average molecular weight is 426 g/mol. The lowest BCUT2D eigenvalue weighted by Gasteiger charge is -2.27. The van der Waals surface area contributed by atoms with Gasteiger partial charge < -0.3 is 5.32 Å². The van der Waals surface area contributed by atoms with Crippen molar-refractivity contribution < 1.29 is 8.42 Å². The first-order valence-corrected chi connectivity index (χ1v) is 9.56. The number of nitrogens with one attached hydrogen (secondary N) is 1. The Morgan fingerprint density at radius 2 is 1.95 bits per heavy atom. The molecule has 0 unspecified atom stereocenters. The maximum atomic E-state index is 12.6. The zero-order valence-corrected chi connectivity index (χ0v) is 15.3. The fraction of sp³-hybridized carbons (Fsp3) is 0.538. The first-order chi connectivity index (χ1) is 9.41. The van der Waals surface area contributed by atoms with Crippen molar-refractivity contribution in [3.05, 3.63) is 27.1 Å². The molecule has 1 N–H and O–H groups in total. The van der Waals surface area contributed by atoms with Gasteiger partial charge in [0.25, 0.3) is 0 Å². The van der Waals surface area contributed by atoms with Crippen LogP contribution in [0, 0.1) is 5.92 Å². The molecule has 1 fully saturated rings. The average Bonchev–Trinajstić information content (AvgIpc) is 2.39. The number of piperidine rings is 1. The molecule has 1 heterocycles. The fourth-order valence-corrected chi connectivity index (χ4v) is 5.33. The summed E-state index contributed by atoms with van der Waals surface area (Å²) in [5.41, 5.74) is 0. The summed E-state index contributed by atoms with van der Waals surface area (Å²) in [5, 5.41) is 3.29. The number of benzene rings is 1. The molecule has 1 aromatic carbocycles. The van der Waals surface area contributed by atoms with Gasteiger partial charge >= 0.3 is 0 Å². The van der Waals surface area contributed by atoms with Gasteiger partial charge in [-0.3, -0.25) is 0 Å². The SMILES string of the molecule is CN(CC1CCNCC1)S(=O)(=O)c1ccc(Br)cc1Br. The molecule has 0 aromatic heterocycles. The van der Waals surface area contributed by atoms with Crippen molar-refractivity contribution in [2.45, 2.75) is 17.7 Å². The van der Waals surface area contributed by atoms with Gasteiger partial charge in [-0.25, -0.2) is 12.7 Å². The van der Waals surface area contributed by atoms with Crippen LogP contribution in [0.4, 0.5) is 0 Å². The molecule has 0 spiro atoms. The van der Waals surface area contributed by atoms with Gasteiger partial charge in [-0.2, -0.15) is 0 Å². The van der Waals surface area contributed by atoms with Crippen LogP contribution in [0.25, 0.3) is 0 Å². The Labute approximate surface area is 137 Å². The molecule has 0 radical (unpaired) electrons. The summed E-state index contributed by atoms with van der Waals surface area (Å²) < 4.78 is 28.1. The van der Waals surface area contributed by atoms with Gasteiger partial charge in [0.2, 0.25) is 10.0 Å². The van der Waals surface area contributed by atoms with E-state index in [2.05, 4.69) is 37.2 Å². The minimum absolute atomic E-state index is 0.317. The molecule has 0 aliphatic carbocycles. The molecule has 1 aliphatic heterocycles. The number of hydrogen-bond donors (Lipinski definition) is 1. The highest BCUT2D eigenvalue weighted by Gasteiger charge is 2.26. The molecule has 0 atom stereocenters. The molecule has 1 aliphatic rings. The second-order valence-corrected chi connectivity index (χ2v) is 8.84. The summed E-state index contributed by atoms with van der Waals surface area (Å²) in [6, 6.07) is 5.13. The van der Waals surface area contributed by atoms with E-state index in [0.29, 0.717) is 21.8 Å². The van der Waals surface area contributed by atoms with Gasteiger partial charge in [0, 0.05) is 22.5 Å². The van der Waals surface area contributed by atoms with Crippen molar-refractivity contribution in [3.8, 4) is 0 Å². The zero-order chi connectivity index (χ0) is 14.8. The lowest BCUT2D eigenvalue weighted by Crippen LogP contribution is -2.37. The number of halogens is 2. The number of sulfonamides is 1. The molecule has 0 bridgehead atoms. The van der Waals surface area contributed by atoms with Crippen LogP contribution in [-0.4, -0.2) is 39.4 Å². The molecule has 20 heavy (non-hydrogen) atoms. The Balaban J connectivity index is 2.16. The molecule has 1 aromatic rings. The fourth-order valence-electron chi connectivity index (χ4n) is 2.38. The molecule has 1 saturated heterocycles. The summed E-state index contributed by atoms with van der Waals surface area (Å²) in [6.07, 6.45) is 2.06. The Bertz CT molecular complexity index is 572. The van der Waals surface area contributed by atoms with E-state index < -0.39 is 10.0 Å². The third-order valence-corrected chi connectivity index (χ3v) is 6.85. The van der Waals surface area contributed by atoms with Crippen LogP contribution in [0.1, 0.15) is 12.8 Å². The smallest absolute Gasteiger partial charge is 0.243 e. The van der Waals surface area contributed by atoms with Gasteiger partial charge in [-0.15, -0.1) is 0 Å². The van der Waals surface area contributed by atoms with E-state index in [1.807, 2.05) is 0 Å². The van der Waals surface area contributed by atoms with Crippen LogP contribution in [0.15, 0.2) is 32.0 Å². The standard InChI is InChI=1S/C13H18Br2N2O2S/c1-17(9-10-4-6-16-7-5-10)20(18,19)13-3-2-11(14)8-12(13)15/h2-3,8,10,16H,4-7,9H2,1H3. The number of nitrogens with zero attached hydrogens (tertiary/aromatic N) is 1. The van der Waals surface area contributed by atoms with E-state index in [0.717, 1.165) is 30.4 Å². The van der Waals surface area contributed by atoms with Crippen molar-refractivity contribution >= 4 is 41.9 Å². The van der Waals surface area contributed by atoms with E-state index in [4.69, 9.17) is 0 Å². The van der Waals surface area contributed by atoms with E-state index in [1.165, 1.54) is 4.31 Å². The van der Waals surface area contributed by atoms with Crippen LogP contribution in [0.2, 0.25) is 0 Å². The van der Waals surface area contributed by atoms with Crippen LogP contribution >= 0.6 is 31.9 Å². The maximum absolute atomic E-state index is 12.6. The normalized spacial score (nSPS) is 17.6. The minimum atomic E-state index is -3.44. The topological polar surface area (TPSA) is 49.4 Å². The predicted molar refractivity (Wildman–Crippen MR) is 87.3 cm³/mol. The highest BCUT2D eigenvalue weighted by atomic mass is 79.9. The first kappa shape index (κ1) is 16.4. The van der Waals surface area contributed by atoms with Crippen molar-refractivity contribution in [1.29, 1.82) is 0 Å². The highest BCUT2D eigenvalue weighted by molar-refractivity contribution is 9.11. The molecule has 0 saturated carbocycles. The monoisotopic (exact) mass is 424 g/mol. The van der Waals surface area contributed by atoms with Gasteiger partial charge in [0.15, 0.2) is 0 Å². The van der Waals surface area contributed by atoms with E-state index in [1.54, 1.807) is 25.2 Å². The second-order valence-electron chi connectivity index (χ2n) is 5.05. The number of rotatable bonds is 4. The minimum Gasteiger partial charge on any atom is -0.317 e. The maximum Gasteiger partial charge on any atom is 0.243 e. The molecular formula is C13H18Br2N2O2S. The Hall–Kier alpha value is 0.0500. The van der Waals surface area contributed by atoms with Crippen LogP contribution < -0.4 is 5.32 Å². The molecule has 4 nitrogen and oxygen atoms in total. The highest BCUT2D eigenvalue weighted by Crippen LogP contribution is 2.28. The summed E-state index contributed by atoms with van der Waals surface area (Å²) in [5.74, 6) is 0.435. The van der Waals surface area contributed by atoms with Gasteiger partial charge in [0.1, 0.15) is 0 Å². The lowest BCUT2D eigenvalue weighted by atomic mass is 9.98. The summed E-state index contributed by atoms with van der Waals surface area (Å²) >= 11 is 6.66. The molecular weight excluding hydrogens is 408 g/mol. The van der Waals surface area contributed by atoms with Crippen molar-refractivity contribution in [3.63, 3.8) is 0 Å². The molecule has 2 rings (SSSR count). The van der Waals surface area contributed by atoms with Gasteiger partial charge in [-0.1, -0.05) is 15.9 Å². The molecule has 112 valence electrons. The zero-order valence-electron chi connectivity index (χ0n) is 11.3. The Morgan fingerprint density at radius 1 is 1.30 bits per heavy atom. The quantitative estimate of drug-likeness (QED) is 0.806. The molecule has 0 amide bonds. The summed E-state index contributed by atoms with van der Waals surface area (Å²) in [4.78, 5) is 0.317. The first-order valence-electron chi connectivity index (χ1n) is 6.53. The summed E-state index contributed by atoms with van der Waals surface area (Å²) in [7, 11) is -1.78. The Morgan fingerprint density at radius 3 is 2.55 bits per heavy atom. The van der Waals surface area contributed by atoms with E-state index in [9.17, 15) is 8.42 Å².